The number of carbonyl (C=O) groups is 1. The van der Waals surface area contributed by atoms with E-state index in [1.807, 2.05) is 0 Å². The fourth-order valence-electron chi connectivity index (χ4n) is 0.923. The third-order valence-corrected chi connectivity index (χ3v) is 3.13. The predicted molar refractivity (Wildman–Crippen MR) is 66.3 cm³/mol. The molecule has 0 atom stereocenters. The van der Waals surface area contributed by atoms with Crippen molar-refractivity contribution in [3.63, 3.8) is 0 Å². The summed E-state index contributed by atoms with van der Waals surface area (Å²) in [6.45, 7) is 7.60. The molecule has 0 spiro atoms. The molecule has 0 fully saturated rings. The van der Waals surface area contributed by atoms with Crippen molar-refractivity contribution >= 4 is 16.1 Å². The van der Waals surface area contributed by atoms with Crippen LogP contribution in [0.15, 0.2) is 0 Å². The molecule has 17 heavy (non-hydrogen) atoms. The summed E-state index contributed by atoms with van der Waals surface area (Å²) in [5.74, 6) is 0.0620. The van der Waals surface area contributed by atoms with Gasteiger partial charge in [0.05, 0.1) is 5.75 Å². The smallest absolute Gasteiger partial charge is 0.407 e. The fraction of sp³-hybridized carbons (Fsp3) is 0.900. The zero-order valence-electron chi connectivity index (χ0n) is 10.9. The minimum Gasteiger partial charge on any atom is -0.444 e. The van der Waals surface area contributed by atoms with Gasteiger partial charge in [-0.1, -0.05) is 0 Å². The van der Waals surface area contributed by atoms with Crippen molar-refractivity contribution in [1.29, 1.82) is 0 Å². The number of amides is 1. The van der Waals surface area contributed by atoms with Crippen LogP contribution in [0, 0.1) is 0 Å². The zero-order chi connectivity index (χ0) is 13.5. The van der Waals surface area contributed by atoms with Crippen LogP contribution in [0.5, 0.6) is 0 Å². The second-order valence-corrected chi connectivity index (χ2v) is 6.68. The number of nitrogens with one attached hydrogen (secondary N) is 2. The van der Waals surface area contributed by atoms with Crippen LogP contribution in [-0.4, -0.2) is 39.0 Å². The normalized spacial score (nSPS) is 12.2. The maximum absolute atomic E-state index is 11.2. The van der Waals surface area contributed by atoms with Gasteiger partial charge >= 0.3 is 6.09 Å². The molecule has 1 amide bonds. The summed E-state index contributed by atoms with van der Waals surface area (Å²) in [4.78, 5) is 11.2. The Morgan fingerprint density at radius 3 is 2.29 bits per heavy atom. The van der Waals surface area contributed by atoms with Crippen molar-refractivity contribution in [1.82, 2.24) is 10.0 Å². The van der Waals surface area contributed by atoms with Crippen molar-refractivity contribution in [2.45, 2.75) is 39.7 Å². The van der Waals surface area contributed by atoms with Crippen LogP contribution in [0.3, 0.4) is 0 Å². The molecule has 0 saturated carbocycles. The number of carbonyl (C=O) groups excluding carboxylic acids is 1. The lowest BCUT2D eigenvalue weighted by molar-refractivity contribution is 0.0527. The average molecular weight is 266 g/mol. The Labute approximate surface area is 103 Å². The Balaban J connectivity index is 3.63. The number of alkyl carbamates (subject to hydrolysis) is 1. The maximum Gasteiger partial charge on any atom is 0.407 e. The fourth-order valence-corrected chi connectivity index (χ4v) is 1.58. The van der Waals surface area contributed by atoms with Gasteiger partial charge in [0.2, 0.25) is 10.0 Å². The van der Waals surface area contributed by atoms with Gasteiger partial charge in [-0.05, 0) is 34.1 Å². The second kappa shape index (κ2) is 6.80. The molecule has 7 heteroatoms. The van der Waals surface area contributed by atoms with E-state index < -0.39 is 21.7 Å². The predicted octanol–water partition coefficient (Wildman–Crippen LogP) is 0.840. The van der Waals surface area contributed by atoms with Gasteiger partial charge in [0.15, 0.2) is 0 Å². The van der Waals surface area contributed by atoms with Gasteiger partial charge in [-0.3, -0.25) is 0 Å². The summed E-state index contributed by atoms with van der Waals surface area (Å²) >= 11 is 0. The molecular formula is C10H22N2O4S. The second-order valence-electron chi connectivity index (χ2n) is 4.58. The first-order chi connectivity index (χ1) is 7.66. The molecule has 0 heterocycles. The van der Waals surface area contributed by atoms with E-state index in [0.29, 0.717) is 19.5 Å². The molecular weight excluding hydrogens is 244 g/mol. The summed E-state index contributed by atoms with van der Waals surface area (Å²) in [7, 11) is -3.14. The van der Waals surface area contributed by atoms with E-state index in [-0.39, 0.29) is 5.75 Å². The van der Waals surface area contributed by atoms with E-state index >= 15 is 0 Å². The highest BCUT2D eigenvalue weighted by atomic mass is 32.2. The van der Waals surface area contributed by atoms with Crippen molar-refractivity contribution in [2.24, 2.45) is 0 Å². The molecule has 0 aliphatic heterocycles. The molecule has 0 bridgehead atoms. The first kappa shape index (κ1) is 16.2. The topological polar surface area (TPSA) is 84.5 Å². The van der Waals surface area contributed by atoms with Crippen LogP contribution >= 0.6 is 0 Å². The molecule has 2 N–H and O–H groups in total. The lowest BCUT2D eigenvalue weighted by Crippen LogP contribution is -2.34. The maximum atomic E-state index is 11.2. The van der Waals surface area contributed by atoms with E-state index in [0.717, 1.165) is 0 Å². The van der Waals surface area contributed by atoms with Gasteiger partial charge in [0, 0.05) is 13.1 Å². The van der Waals surface area contributed by atoms with Crippen molar-refractivity contribution < 1.29 is 17.9 Å². The van der Waals surface area contributed by atoms with Crippen LogP contribution in [0.1, 0.15) is 34.1 Å². The van der Waals surface area contributed by atoms with E-state index in [2.05, 4.69) is 10.0 Å². The molecule has 0 unspecified atom stereocenters. The third kappa shape index (κ3) is 10.1. The number of hydrogen-bond donors (Lipinski definition) is 2. The third-order valence-electron chi connectivity index (χ3n) is 1.72. The van der Waals surface area contributed by atoms with Gasteiger partial charge in [-0.15, -0.1) is 0 Å². The van der Waals surface area contributed by atoms with Crippen LogP contribution in [0.2, 0.25) is 0 Å². The SMILES string of the molecule is CCS(=O)(=O)NCCCNC(=O)OC(C)(C)C. The summed E-state index contributed by atoms with van der Waals surface area (Å²) < 4.78 is 29.6. The van der Waals surface area contributed by atoms with E-state index in [9.17, 15) is 13.2 Å². The number of hydrogen-bond acceptors (Lipinski definition) is 4. The Morgan fingerprint density at radius 1 is 1.24 bits per heavy atom. The first-order valence-electron chi connectivity index (χ1n) is 5.60. The Hall–Kier alpha value is -0.820. The minimum absolute atomic E-state index is 0.0620. The molecule has 0 aliphatic carbocycles. The van der Waals surface area contributed by atoms with Crippen molar-refractivity contribution in [2.75, 3.05) is 18.8 Å². The standard InChI is InChI=1S/C10H22N2O4S/c1-5-17(14,15)12-8-6-7-11-9(13)16-10(2,3)4/h12H,5-8H2,1-4H3,(H,11,13). The molecule has 102 valence electrons. The number of ether oxygens (including phenoxy) is 1. The summed E-state index contributed by atoms with van der Waals surface area (Å²) in [5.41, 5.74) is -0.520. The molecule has 0 aliphatic rings. The molecule has 0 aromatic carbocycles. The largest absolute Gasteiger partial charge is 0.444 e. The number of sulfonamides is 1. The molecule has 0 aromatic rings. The highest BCUT2D eigenvalue weighted by Crippen LogP contribution is 2.06. The van der Waals surface area contributed by atoms with Gasteiger partial charge in [-0.2, -0.15) is 0 Å². The molecule has 0 saturated heterocycles. The molecule has 6 nitrogen and oxygen atoms in total. The highest BCUT2D eigenvalue weighted by molar-refractivity contribution is 7.89. The highest BCUT2D eigenvalue weighted by Gasteiger charge is 2.15. The van der Waals surface area contributed by atoms with Gasteiger partial charge in [0.1, 0.15) is 5.60 Å². The van der Waals surface area contributed by atoms with Gasteiger partial charge in [-0.25, -0.2) is 17.9 Å². The summed E-state index contributed by atoms with van der Waals surface area (Å²) in [5, 5.41) is 2.55. The quantitative estimate of drug-likeness (QED) is 0.698. The number of rotatable bonds is 6. The summed E-state index contributed by atoms with van der Waals surface area (Å²) in [6, 6.07) is 0. The van der Waals surface area contributed by atoms with E-state index in [1.165, 1.54) is 0 Å². The monoisotopic (exact) mass is 266 g/mol. The Morgan fingerprint density at radius 2 is 1.82 bits per heavy atom. The molecule has 0 aromatic heterocycles. The average Bonchev–Trinajstić information content (AvgIpc) is 2.14. The van der Waals surface area contributed by atoms with Crippen molar-refractivity contribution in [3.05, 3.63) is 0 Å². The van der Waals surface area contributed by atoms with E-state index in [1.54, 1.807) is 27.7 Å². The van der Waals surface area contributed by atoms with Crippen LogP contribution in [0.25, 0.3) is 0 Å². The zero-order valence-corrected chi connectivity index (χ0v) is 11.7. The van der Waals surface area contributed by atoms with Crippen molar-refractivity contribution in [3.8, 4) is 0 Å². The first-order valence-corrected chi connectivity index (χ1v) is 7.25. The lowest BCUT2D eigenvalue weighted by Gasteiger charge is -2.19. The van der Waals surface area contributed by atoms with Gasteiger partial charge < -0.3 is 10.1 Å². The van der Waals surface area contributed by atoms with Crippen LogP contribution < -0.4 is 10.0 Å². The molecule has 0 rings (SSSR count). The summed E-state index contributed by atoms with van der Waals surface area (Å²) in [6.07, 6.45) is 0.0363. The Kier molecular flexibility index (Phi) is 6.48. The molecule has 0 radical (unpaired) electrons. The van der Waals surface area contributed by atoms with Gasteiger partial charge in [0.25, 0.3) is 0 Å². The Bertz CT molecular complexity index is 333. The van der Waals surface area contributed by atoms with Crippen LogP contribution in [-0.2, 0) is 14.8 Å². The van der Waals surface area contributed by atoms with Crippen LogP contribution in [0.4, 0.5) is 4.79 Å². The van der Waals surface area contributed by atoms with E-state index in [4.69, 9.17) is 4.74 Å². The lowest BCUT2D eigenvalue weighted by atomic mass is 10.2. The minimum atomic E-state index is -3.14.